The number of rotatable bonds is 3. The van der Waals surface area contributed by atoms with Gasteiger partial charge in [-0.2, -0.15) is 0 Å². The van der Waals surface area contributed by atoms with Crippen LogP contribution in [0.25, 0.3) is 0 Å². The number of hydrogen-bond acceptors (Lipinski definition) is 5. The number of hydrogen-bond donors (Lipinski definition) is 1. The lowest BCUT2D eigenvalue weighted by atomic mass is 10.1. The van der Waals surface area contributed by atoms with E-state index in [-0.39, 0.29) is 23.7 Å². The van der Waals surface area contributed by atoms with Gasteiger partial charge in [-0.25, -0.2) is 9.07 Å². The molecule has 2 amide bonds. The third-order valence-corrected chi connectivity index (χ3v) is 5.36. The summed E-state index contributed by atoms with van der Waals surface area (Å²) in [5.41, 5.74) is 0.794. The van der Waals surface area contributed by atoms with E-state index in [0.29, 0.717) is 37.4 Å². The molecule has 1 N–H and O–H groups in total. The Labute approximate surface area is 162 Å². The molecule has 0 radical (unpaired) electrons. The van der Waals surface area contributed by atoms with Gasteiger partial charge in [0.15, 0.2) is 5.69 Å². The summed E-state index contributed by atoms with van der Waals surface area (Å²) >= 11 is 0. The topological polar surface area (TPSA) is 83.4 Å². The third kappa shape index (κ3) is 3.89. The van der Waals surface area contributed by atoms with E-state index in [1.807, 2.05) is 0 Å². The second-order valence-electron chi connectivity index (χ2n) is 7.16. The summed E-state index contributed by atoms with van der Waals surface area (Å²) in [6, 6.07) is 5.79. The van der Waals surface area contributed by atoms with Crippen LogP contribution in [0.4, 0.5) is 4.39 Å². The first-order chi connectivity index (χ1) is 13.6. The maximum atomic E-state index is 13.0. The predicted molar refractivity (Wildman–Crippen MR) is 99.4 cm³/mol. The first kappa shape index (κ1) is 18.5. The molecule has 2 aliphatic heterocycles. The van der Waals surface area contributed by atoms with Gasteiger partial charge < -0.3 is 15.1 Å². The first-order valence-corrected chi connectivity index (χ1v) is 9.58. The number of benzene rings is 1. The van der Waals surface area contributed by atoms with Crippen molar-refractivity contribution in [3.63, 3.8) is 0 Å². The lowest BCUT2D eigenvalue weighted by Gasteiger charge is -2.34. The molecule has 2 aromatic rings. The van der Waals surface area contributed by atoms with E-state index in [4.69, 9.17) is 0 Å². The molecule has 0 saturated carbocycles. The van der Waals surface area contributed by atoms with E-state index in [0.717, 1.165) is 25.9 Å². The van der Waals surface area contributed by atoms with Crippen LogP contribution in [0.3, 0.4) is 0 Å². The van der Waals surface area contributed by atoms with E-state index in [9.17, 15) is 14.0 Å². The fourth-order valence-corrected chi connectivity index (χ4v) is 3.67. The van der Waals surface area contributed by atoms with Crippen LogP contribution in [0.1, 0.15) is 39.7 Å². The van der Waals surface area contributed by atoms with E-state index >= 15 is 0 Å². The van der Waals surface area contributed by atoms with Gasteiger partial charge in [-0.05, 0) is 50.2 Å². The SMILES string of the molecule is O=C(c1ccc(F)cc1)N1CCN(C(=O)c2cn(C3CCNCC3)nn2)CC1. The minimum absolute atomic E-state index is 0.149. The van der Waals surface area contributed by atoms with E-state index in [2.05, 4.69) is 15.6 Å². The van der Waals surface area contributed by atoms with Crippen molar-refractivity contribution in [2.24, 2.45) is 0 Å². The Hall–Kier alpha value is -2.81. The van der Waals surface area contributed by atoms with Crippen molar-refractivity contribution in [3.05, 3.63) is 47.5 Å². The molecule has 0 unspecified atom stereocenters. The lowest BCUT2D eigenvalue weighted by Crippen LogP contribution is -2.50. The molecule has 8 nitrogen and oxygen atoms in total. The average molecular weight is 386 g/mol. The van der Waals surface area contributed by atoms with Crippen molar-refractivity contribution in [1.82, 2.24) is 30.1 Å². The summed E-state index contributed by atoms with van der Waals surface area (Å²) in [5.74, 6) is -0.678. The zero-order valence-corrected chi connectivity index (χ0v) is 15.6. The fourth-order valence-electron chi connectivity index (χ4n) is 3.67. The van der Waals surface area contributed by atoms with E-state index in [1.54, 1.807) is 20.7 Å². The molecule has 9 heteroatoms. The number of carbonyl (C=O) groups is 2. The van der Waals surface area contributed by atoms with Gasteiger partial charge in [-0.3, -0.25) is 9.59 Å². The third-order valence-electron chi connectivity index (χ3n) is 5.36. The maximum absolute atomic E-state index is 13.0. The highest BCUT2D eigenvalue weighted by Crippen LogP contribution is 2.18. The van der Waals surface area contributed by atoms with Gasteiger partial charge in [0.25, 0.3) is 11.8 Å². The normalized spacial score (nSPS) is 18.3. The van der Waals surface area contributed by atoms with Crippen molar-refractivity contribution < 1.29 is 14.0 Å². The summed E-state index contributed by atoms with van der Waals surface area (Å²) in [7, 11) is 0. The molecule has 0 aliphatic carbocycles. The minimum atomic E-state index is -0.371. The molecule has 2 fully saturated rings. The van der Waals surface area contributed by atoms with Gasteiger partial charge in [0.05, 0.1) is 12.2 Å². The van der Waals surface area contributed by atoms with Crippen LogP contribution in [0.5, 0.6) is 0 Å². The predicted octanol–water partition coefficient (Wildman–Crippen LogP) is 0.940. The number of nitrogens with one attached hydrogen (secondary N) is 1. The minimum Gasteiger partial charge on any atom is -0.335 e. The zero-order valence-electron chi connectivity index (χ0n) is 15.6. The molecule has 0 spiro atoms. The van der Waals surface area contributed by atoms with Gasteiger partial charge in [-0.1, -0.05) is 5.21 Å². The van der Waals surface area contributed by atoms with Crippen LogP contribution in [0, 0.1) is 5.82 Å². The number of amides is 2. The number of carbonyl (C=O) groups excluding carboxylic acids is 2. The molecule has 28 heavy (non-hydrogen) atoms. The Kier molecular flexibility index (Phi) is 5.34. The number of aromatic nitrogens is 3. The largest absolute Gasteiger partial charge is 0.335 e. The van der Waals surface area contributed by atoms with E-state index in [1.165, 1.54) is 24.3 Å². The summed E-state index contributed by atoms with van der Waals surface area (Å²) in [5, 5.41) is 11.5. The van der Waals surface area contributed by atoms with Gasteiger partial charge >= 0.3 is 0 Å². The zero-order chi connectivity index (χ0) is 19.5. The Balaban J connectivity index is 1.34. The number of piperidine rings is 1. The van der Waals surface area contributed by atoms with Gasteiger partial charge in [0, 0.05) is 31.7 Å². The molecule has 2 saturated heterocycles. The first-order valence-electron chi connectivity index (χ1n) is 9.58. The van der Waals surface area contributed by atoms with Gasteiger partial charge in [0.2, 0.25) is 0 Å². The maximum Gasteiger partial charge on any atom is 0.276 e. The molecule has 2 aliphatic rings. The van der Waals surface area contributed by atoms with Crippen LogP contribution < -0.4 is 5.32 Å². The molecule has 3 heterocycles. The Morgan fingerprint density at radius 2 is 1.57 bits per heavy atom. The van der Waals surface area contributed by atoms with Crippen LogP contribution >= 0.6 is 0 Å². The average Bonchev–Trinajstić information content (AvgIpc) is 3.24. The lowest BCUT2D eigenvalue weighted by molar-refractivity contribution is 0.0532. The molecular formula is C19H23FN6O2. The molecule has 148 valence electrons. The highest BCUT2D eigenvalue weighted by atomic mass is 19.1. The smallest absolute Gasteiger partial charge is 0.276 e. The molecule has 0 bridgehead atoms. The second-order valence-corrected chi connectivity index (χ2v) is 7.16. The molecule has 0 atom stereocenters. The Morgan fingerprint density at radius 1 is 0.964 bits per heavy atom. The standard InChI is InChI=1S/C19H23FN6O2/c20-15-3-1-14(2-4-15)18(27)24-9-11-25(12-10-24)19(28)17-13-26(23-22-17)16-5-7-21-8-6-16/h1-4,13,16,21H,5-12H2. The van der Waals surface area contributed by atoms with Crippen LogP contribution in [0.15, 0.2) is 30.5 Å². The van der Waals surface area contributed by atoms with Crippen LogP contribution in [-0.2, 0) is 0 Å². The molecular weight excluding hydrogens is 363 g/mol. The Morgan fingerprint density at radius 3 is 2.21 bits per heavy atom. The van der Waals surface area contributed by atoms with Crippen molar-refractivity contribution in [2.45, 2.75) is 18.9 Å². The van der Waals surface area contributed by atoms with Crippen molar-refractivity contribution in [1.29, 1.82) is 0 Å². The summed E-state index contributed by atoms with van der Waals surface area (Å²) in [4.78, 5) is 28.6. The van der Waals surface area contributed by atoms with Crippen molar-refractivity contribution in [2.75, 3.05) is 39.3 Å². The number of nitrogens with zero attached hydrogens (tertiary/aromatic N) is 5. The van der Waals surface area contributed by atoms with Crippen LogP contribution in [0.2, 0.25) is 0 Å². The molecule has 1 aromatic heterocycles. The summed E-state index contributed by atoms with van der Waals surface area (Å²) < 4.78 is 14.8. The molecule has 1 aromatic carbocycles. The number of piperazine rings is 1. The second kappa shape index (κ2) is 8.05. The van der Waals surface area contributed by atoms with E-state index < -0.39 is 0 Å². The van der Waals surface area contributed by atoms with Gasteiger partial charge in [-0.15, -0.1) is 5.10 Å². The summed E-state index contributed by atoms with van der Waals surface area (Å²) in [6.45, 7) is 3.63. The fraction of sp³-hybridized carbons (Fsp3) is 0.474. The highest BCUT2D eigenvalue weighted by Gasteiger charge is 2.27. The van der Waals surface area contributed by atoms with Gasteiger partial charge in [0.1, 0.15) is 5.82 Å². The monoisotopic (exact) mass is 386 g/mol. The van der Waals surface area contributed by atoms with Crippen molar-refractivity contribution in [3.8, 4) is 0 Å². The molecule has 4 rings (SSSR count). The highest BCUT2D eigenvalue weighted by molar-refractivity contribution is 5.95. The number of halogens is 1. The Bertz CT molecular complexity index is 838. The van der Waals surface area contributed by atoms with Crippen molar-refractivity contribution >= 4 is 11.8 Å². The quantitative estimate of drug-likeness (QED) is 0.849. The van der Waals surface area contributed by atoms with Crippen LogP contribution in [-0.4, -0.2) is 75.9 Å². The summed E-state index contributed by atoms with van der Waals surface area (Å²) in [6.07, 6.45) is 3.68.